The molecule has 2 heterocycles. The number of aryl methyl sites for hydroxylation is 1. The molecule has 1 N–H and O–H groups in total. The highest BCUT2D eigenvalue weighted by molar-refractivity contribution is 8.14. The van der Waals surface area contributed by atoms with Gasteiger partial charge >= 0.3 is 5.69 Å². The number of carbonyl (C=O) groups excluding carboxylic acids is 1. The minimum atomic E-state index is -2.81. The quantitative estimate of drug-likeness (QED) is 0.464. The van der Waals surface area contributed by atoms with Crippen LogP contribution in [0, 0.1) is 6.92 Å². The number of rotatable bonds is 7. The number of nitrogens with zero attached hydrogens (tertiary/aromatic N) is 1. The van der Waals surface area contributed by atoms with Crippen LogP contribution < -0.4 is 21.6 Å². The fourth-order valence-electron chi connectivity index (χ4n) is 5.13. The lowest BCUT2D eigenvalue weighted by Gasteiger charge is -2.43. The number of hydrogen-bond acceptors (Lipinski definition) is 6. The van der Waals surface area contributed by atoms with Crippen molar-refractivity contribution in [1.29, 1.82) is 0 Å². The number of nitrogens with one attached hydrogen (secondary N) is 1. The van der Waals surface area contributed by atoms with Gasteiger partial charge in [0.1, 0.15) is 6.23 Å². The van der Waals surface area contributed by atoms with Crippen molar-refractivity contribution in [2.24, 2.45) is 0 Å². The summed E-state index contributed by atoms with van der Waals surface area (Å²) in [6.45, 7) is 10.1. The highest BCUT2D eigenvalue weighted by Gasteiger charge is 2.51. The van der Waals surface area contributed by atoms with E-state index in [0.29, 0.717) is 12.0 Å². The third-order valence-electron chi connectivity index (χ3n) is 6.83. The van der Waals surface area contributed by atoms with E-state index < -0.39 is 31.9 Å². The molecule has 1 aliphatic heterocycles. The monoisotopic (exact) mass is 538 g/mol. The van der Waals surface area contributed by atoms with Crippen LogP contribution in [0.3, 0.4) is 0 Å². The Kier molecular flexibility index (Phi) is 8.08. The van der Waals surface area contributed by atoms with E-state index in [4.69, 9.17) is 9.16 Å². The van der Waals surface area contributed by atoms with Gasteiger partial charge in [-0.3, -0.25) is 19.1 Å². The van der Waals surface area contributed by atoms with Crippen LogP contribution in [0.4, 0.5) is 0 Å². The maximum atomic E-state index is 12.6. The van der Waals surface area contributed by atoms with Crippen LogP contribution in [-0.2, 0) is 14.0 Å². The number of ether oxygens (including phenoxy) is 1. The molecule has 0 unspecified atom stereocenters. The Balaban J connectivity index is 1.71. The molecule has 9 heteroatoms. The molecule has 0 amide bonds. The van der Waals surface area contributed by atoms with Crippen LogP contribution >= 0.6 is 11.8 Å². The summed E-state index contributed by atoms with van der Waals surface area (Å²) in [5.41, 5.74) is -0.521. The third kappa shape index (κ3) is 5.60. The van der Waals surface area contributed by atoms with Gasteiger partial charge in [0.05, 0.1) is 12.7 Å². The Hall–Kier alpha value is -2.72. The zero-order chi connectivity index (χ0) is 26.8. The summed E-state index contributed by atoms with van der Waals surface area (Å²) >= 11 is 1.22. The second-order valence-corrected chi connectivity index (χ2v) is 16.2. The number of hydrogen-bond donors (Lipinski definition) is 1. The lowest BCUT2D eigenvalue weighted by molar-refractivity contribution is -0.109. The highest BCUT2D eigenvalue weighted by atomic mass is 32.2. The van der Waals surface area contributed by atoms with E-state index in [1.54, 1.807) is 6.92 Å². The SMILES string of the molecule is CC(=O)S[C@H]1C[C@H](n2cc(C)c(=O)[nH]c2=O)O[C@@H]1CO[Si](c1ccccc1)(c1ccccc1)C(C)(C)C. The molecule has 1 saturated heterocycles. The van der Waals surface area contributed by atoms with Crippen molar-refractivity contribution in [3.63, 3.8) is 0 Å². The van der Waals surface area contributed by atoms with Crippen LogP contribution in [0.1, 0.15) is 45.9 Å². The van der Waals surface area contributed by atoms with E-state index in [9.17, 15) is 14.4 Å². The summed E-state index contributed by atoms with van der Waals surface area (Å²) < 4.78 is 14.9. The van der Waals surface area contributed by atoms with Crippen molar-refractivity contribution in [1.82, 2.24) is 9.55 Å². The Morgan fingerprint density at radius 2 is 1.65 bits per heavy atom. The van der Waals surface area contributed by atoms with Crippen molar-refractivity contribution in [2.75, 3.05) is 6.61 Å². The number of aromatic nitrogens is 2. The summed E-state index contributed by atoms with van der Waals surface area (Å²) in [7, 11) is -2.81. The van der Waals surface area contributed by atoms with Crippen LogP contribution in [0.15, 0.2) is 76.4 Å². The van der Waals surface area contributed by atoms with Crippen molar-refractivity contribution < 1.29 is 14.0 Å². The van der Waals surface area contributed by atoms with Gasteiger partial charge in [0.2, 0.25) is 0 Å². The van der Waals surface area contributed by atoms with Crippen molar-refractivity contribution in [2.45, 2.75) is 63.7 Å². The van der Waals surface area contributed by atoms with Crippen LogP contribution in [0.2, 0.25) is 5.04 Å². The first-order chi connectivity index (χ1) is 17.5. The zero-order valence-corrected chi connectivity index (χ0v) is 23.7. The molecule has 1 aromatic heterocycles. The van der Waals surface area contributed by atoms with Gasteiger partial charge in [-0.15, -0.1) is 0 Å². The number of benzene rings is 2. The van der Waals surface area contributed by atoms with E-state index in [-0.39, 0.29) is 22.0 Å². The van der Waals surface area contributed by atoms with Crippen molar-refractivity contribution >= 4 is 35.6 Å². The van der Waals surface area contributed by atoms with Crippen molar-refractivity contribution in [3.05, 3.63) is 93.3 Å². The Labute approximate surface area is 222 Å². The molecule has 2 aromatic carbocycles. The molecule has 0 aliphatic carbocycles. The van der Waals surface area contributed by atoms with E-state index in [2.05, 4.69) is 50.0 Å². The summed E-state index contributed by atoms with van der Waals surface area (Å²) in [6.07, 6.45) is 0.948. The smallest absolute Gasteiger partial charge is 0.330 e. The lowest BCUT2D eigenvalue weighted by atomic mass is 10.2. The number of thioether (sulfide) groups is 1. The number of H-pyrrole nitrogens is 1. The summed E-state index contributed by atoms with van der Waals surface area (Å²) in [6, 6.07) is 20.7. The fraction of sp³-hybridized carbons (Fsp3) is 0.393. The number of aromatic amines is 1. The first-order valence-electron chi connectivity index (χ1n) is 12.4. The molecular formula is C28H34N2O5SSi. The molecule has 0 spiro atoms. The fourth-order valence-corrected chi connectivity index (χ4v) is 10.7. The average Bonchev–Trinajstić information content (AvgIpc) is 3.24. The van der Waals surface area contributed by atoms with Gasteiger partial charge in [-0.25, -0.2) is 4.79 Å². The van der Waals surface area contributed by atoms with Gasteiger partial charge in [-0.2, -0.15) is 0 Å². The predicted octanol–water partition coefficient (Wildman–Crippen LogP) is 3.36. The zero-order valence-electron chi connectivity index (χ0n) is 21.9. The molecule has 4 rings (SSSR count). The topological polar surface area (TPSA) is 90.4 Å². The standard InChI is InChI=1S/C28H34N2O5SSi/c1-19-17-30(27(33)29-26(19)32)25-16-24(36-20(2)31)23(35-25)18-34-37(28(3,4)5,21-12-8-6-9-13-21)22-14-10-7-11-15-22/h6-15,17,23-25H,16,18H2,1-5H3,(H,29,32,33)/t23-,24+,25-/m1/s1. The summed E-state index contributed by atoms with van der Waals surface area (Å²) in [4.78, 5) is 38.9. The third-order valence-corrected chi connectivity index (χ3v) is 13.0. The predicted molar refractivity (Wildman–Crippen MR) is 150 cm³/mol. The first kappa shape index (κ1) is 27.3. The Morgan fingerprint density at radius 3 is 2.16 bits per heavy atom. The van der Waals surface area contributed by atoms with Crippen LogP contribution in [-0.4, -0.2) is 40.9 Å². The molecule has 196 valence electrons. The van der Waals surface area contributed by atoms with Gasteiger partial charge in [0.15, 0.2) is 5.12 Å². The molecule has 1 aliphatic rings. The van der Waals surface area contributed by atoms with Gasteiger partial charge in [-0.05, 0) is 22.3 Å². The number of carbonyl (C=O) groups is 1. The van der Waals surface area contributed by atoms with E-state index in [0.717, 1.165) is 10.4 Å². The summed E-state index contributed by atoms with van der Waals surface area (Å²) in [5.74, 6) is 0. The first-order valence-corrected chi connectivity index (χ1v) is 15.2. The van der Waals surface area contributed by atoms with Crippen molar-refractivity contribution in [3.8, 4) is 0 Å². The van der Waals surface area contributed by atoms with E-state index in [1.807, 2.05) is 36.4 Å². The second-order valence-electron chi connectivity index (χ2n) is 10.5. The Morgan fingerprint density at radius 1 is 1.08 bits per heavy atom. The molecule has 0 radical (unpaired) electrons. The molecule has 37 heavy (non-hydrogen) atoms. The van der Waals surface area contributed by atoms with Gasteiger partial charge < -0.3 is 9.16 Å². The highest BCUT2D eigenvalue weighted by Crippen LogP contribution is 2.40. The molecular weight excluding hydrogens is 504 g/mol. The minimum absolute atomic E-state index is 0.0188. The Bertz CT molecular complexity index is 1310. The normalized spacial score (nSPS) is 20.2. The van der Waals surface area contributed by atoms with E-state index >= 15 is 0 Å². The molecule has 3 atom stereocenters. The van der Waals surface area contributed by atoms with Crippen LogP contribution in [0.25, 0.3) is 0 Å². The molecule has 0 saturated carbocycles. The minimum Gasteiger partial charge on any atom is -0.405 e. The van der Waals surface area contributed by atoms with Gasteiger partial charge in [0.25, 0.3) is 13.9 Å². The molecule has 1 fully saturated rings. The van der Waals surface area contributed by atoms with Crippen LogP contribution in [0.5, 0.6) is 0 Å². The largest absolute Gasteiger partial charge is 0.405 e. The average molecular weight is 539 g/mol. The maximum absolute atomic E-state index is 12.6. The molecule has 3 aromatic rings. The summed E-state index contributed by atoms with van der Waals surface area (Å²) in [5, 5.41) is 1.90. The second kappa shape index (κ2) is 10.9. The maximum Gasteiger partial charge on any atom is 0.330 e. The molecule has 7 nitrogen and oxygen atoms in total. The lowest BCUT2D eigenvalue weighted by Crippen LogP contribution is -2.67. The van der Waals surface area contributed by atoms with E-state index in [1.165, 1.54) is 29.4 Å². The van der Waals surface area contributed by atoms with Gasteiger partial charge in [-0.1, -0.05) is 93.2 Å². The van der Waals surface area contributed by atoms with Gasteiger partial charge in [0, 0.05) is 30.4 Å². The molecule has 0 bridgehead atoms.